The van der Waals surface area contributed by atoms with Crippen LogP contribution in [0.25, 0.3) is 0 Å². The number of amides is 3. The number of hydrogen-bond acceptors (Lipinski definition) is 4. The molecule has 3 amide bonds. The van der Waals surface area contributed by atoms with E-state index < -0.39 is 5.54 Å². The lowest BCUT2D eigenvalue weighted by Gasteiger charge is -2.32. The van der Waals surface area contributed by atoms with Crippen LogP contribution >= 0.6 is 0 Å². The van der Waals surface area contributed by atoms with Gasteiger partial charge in [0.2, 0.25) is 0 Å². The second-order valence-electron chi connectivity index (χ2n) is 8.22. The summed E-state index contributed by atoms with van der Waals surface area (Å²) >= 11 is 0. The van der Waals surface area contributed by atoms with Crippen molar-refractivity contribution in [1.82, 2.24) is 20.0 Å². The second-order valence-corrected chi connectivity index (χ2v) is 8.22. The fourth-order valence-corrected chi connectivity index (χ4v) is 4.39. The van der Waals surface area contributed by atoms with E-state index in [1.54, 1.807) is 0 Å². The molecule has 6 heteroatoms. The fraction of sp³-hybridized carbons (Fsp3) is 0.417. The first-order chi connectivity index (χ1) is 14.6. The van der Waals surface area contributed by atoms with Crippen LogP contribution < -0.4 is 5.32 Å². The molecule has 2 aliphatic heterocycles. The Bertz CT molecular complexity index is 824. The average molecular weight is 407 g/mol. The lowest BCUT2D eigenvalue weighted by atomic mass is 9.82. The first kappa shape index (κ1) is 20.6. The van der Waals surface area contributed by atoms with Gasteiger partial charge in [-0.15, -0.1) is 0 Å². The highest BCUT2D eigenvalue weighted by Crippen LogP contribution is 2.36. The predicted molar refractivity (Wildman–Crippen MR) is 117 cm³/mol. The third-order valence-corrected chi connectivity index (χ3v) is 6.22. The van der Waals surface area contributed by atoms with Crippen LogP contribution in [0.3, 0.4) is 0 Å². The molecule has 1 N–H and O–H groups in total. The fourth-order valence-electron chi connectivity index (χ4n) is 4.39. The summed E-state index contributed by atoms with van der Waals surface area (Å²) in [5.41, 5.74) is 0.417. The molecule has 0 unspecified atom stereocenters. The van der Waals surface area contributed by atoms with Gasteiger partial charge in [-0.25, -0.2) is 4.79 Å². The van der Waals surface area contributed by atoms with Crippen molar-refractivity contribution >= 4 is 11.9 Å². The van der Waals surface area contributed by atoms with Crippen molar-refractivity contribution < 1.29 is 9.59 Å². The van der Waals surface area contributed by atoms with Crippen LogP contribution in [0, 0.1) is 0 Å². The van der Waals surface area contributed by atoms with Gasteiger partial charge in [0.25, 0.3) is 5.91 Å². The minimum atomic E-state index is -1.16. The quantitative estimate of drug-likeness (QED) is 0.567. The Labute approximate surface area is 178 Å². The van der Waals surface area contributed by atoms with E-state index in [9.17, 15) is 9.59 Å². The molecule has 0 atom stereocenters. The number of imide groups is 1. The standard InChI is InChI=1S/C24H30N4O2/c1-26-16-18-27(19-17-26)14-8-9-15-28-22(29)24(25-23(28)30,20-10-4-2-5-11-20)21-12-6-3-7-13-21/h2-7,10-13H,8-9,14-19H2,1H3,(H,25,30). The number of urea groups is 1. The molecule has 2 saturated heterocycles. The van der Waals surface area contributed by atoms with Crippen molar-refractivity contribution in [3.8, 4) is 0 Å². The van der Waals surface area contributed by atoms with Crippen LogP contribution in [0.2, 0.25) is 0 Å². The number of rotatable bonds is 7. The summed E-state index contributed by atoms with van der Waals surface area (Å²) in [7, 11) is 2.15. The SMILES string of the molecule is CN1CCN(CCCCN2C(=O)NC(c3ccccc3)(c3ccccc3)C2=O)CC1. The molecule has 2 aliphatic rings. The van der Waals surface area contributed by atoms with Gasteiger partial charge in [0, 0.05) is 32.7 Å². The Balaban J connectivity index is 1.46. The van der Waals surface area contributed by atoms with Crippen molar-refractivity contribution in [3.05, 3.63) is 71.8 Å². The van der Waals surface area contributed by atoms with Crippen LogP contribution in [-0.2, 0) is 10.3 Å². The van der Waals surface area contributed by atoms with E-state index in [1.807, 2.05) is 60.7 Å². The number of hydrogen-bond donors (Lipinski definition) is 1. The van der Waals surface area contributed by atoms with E-state index in [0.29, 0.717) is 6.54 Å². The molecule has 4 rings (SSSR count). The van der Waals surface area contributed by atoms with Crippen LogP contribution in [0.4, 0.5) is 4.79 Å². The molecule has 30 heavy (non-hydrogen) atoms. The Morgan fingerprint density at radius 2 is 1.33 bits per heavy atom. The Morgan fingerprint density at radius 1 is 0.800 bits per heavy atom. The van der Waals surface area contributed by atoms with Crippen molar-refractivity contribution in [1.29, 1.82) is 0 Å². The molecule has 2 aromatic rings. The summed E-state index contributed by atoms with van der Waals surface area (Å²) in [5.74, 6) is -0.190. The van der Waals surface area contributed by atoms with E-state index in [4.69, 9.17) is 0 Å². The molecular weight excluding hydrogens is 376 g/mol. The zero-order valence-corrected chi connectivity index (χ0v) is 17.6. The lowest BCUT2D eigenvalue weighted by molar-refractivity contribution is -0.130. The van der Waals surface area contributed by atoms with Crippen molar-refractivity contribution in [3.63, 3.8) is 0 Å². The van der Waals surface area contributed by atoms with E-state index in [-0.39, 0.29) is 11.9 Å². The lowest BCUT2D eigenvalue weighted by Crippen LogP contribution is -2.45. The van der Waals surface area contributed by atoms with Gasteiger partial charge in [0.1, 0.15) is 0 Å². The average Bonchev–Trinajstić information content (AvgIpc) is 3.04. The number of piperazine rings is 1. The highest BCUT2D eigenvalue weighted by Gasteiger charge is 2.53. The normalized spacial score (nSPS) is 19.8. The molecule has 0 saturated carbocycles. The van der Waals surface area contributed by atoms with Gasteiger partial charge in [-0.2, -0.15) is 0 Å². The predicted octanol–water partition coefficient (Wildman–Crippen LogP) is 2.51. The largest absolute Gasteiger partial charge is 0.325 e. The van der Waals surface area contributed by atoms with Gasteiger partial charge >= 0.3 is 6.03 Å². The van der Waals surface area contributed by atoms with E-state index >= 15 is 0 Å². The zero-order chi connectivity index (χ0) is 21.0. The molecule has 158 valence electrons. The first-order valence-electron chi connectivity index (χ1n) is 10.8. The van der Waals surface area contributed by atoms with Gasteiger partial charge in [-0.05, 0) is 37.6 Å². The maximum Gasteiger partial charge on any atom is 0.325 e. The molecule has 0 aromatic heterocycles. The highest BCUT2D eigenvalue weighted by molar-refractivity contribution is 6.09. The Morgan fingerprint density at radius 3 is 1.90 bits per heavy atom. The zero-order valence-electron chi connectivity index (χ0n) is 17.6. The van der Waals surface area contributed by atoms with Crippen LogP contribution in [0.5, 0.6) is 0 Å². The van der Waals surface area contributed by atoms with E-state index in [1.165, 1.54) is 4.90 Å². The summed E-state index contributed by atoms with van der Waals surface area (Å²) in [4.78, 5) is 32.7. The van der Waals surface area contributed by atoms with Gasteiger partial charge in [0.05, 0.1) is 0 Å². The molecule has 2 heterocycles. The summed E-state index contributed by atoms with van der Waals surface area (Å²) < 4.78 is 0. The van der Waals surface area contributed by atoms with Gasteiger partial charge in [0.15, 0.2) is 5.54 Å². The summed E-state index contributed by atoms with van der Waals surface area (Å²) in [6, 6.07) is 18.7. The summed E-state index contributed by atoms with van der Waals surface area (Å²) in [5, 5.41) is 3.02. The molecular formula is C24H30N4O2. The number of likely N-dealkylation sites (N-methyl/N-ethyl adjacent to an activating group) is 1. The minimum absolute atomic E-state index is 0.190. The molecule has 2 fully saturated rings. The first-order valence-corrected chi connectivity index (χ1v) is 10.8. The number of benzene rings is 2. The third kappa shape index (κ3) is 3.98. The van der Waals surface area contributed by atoms with Gasteiger partial charge in [-0.1, -0.05) is 60.7 Å². The van der Waals surface area contributed by atoms with Crippen LogP contribution in [-0.4, -0.2) is 73.0 Å². The van der Waals surface area contributed by atoms with Crippen LogP contribution in [0.1, 0.15) is 24.0 Å². The van der Waals surface area contributed by atoms with Crippen molar-refractivity contribution in [2.24, 2.45) is 0 Å². The highest BCUT2D eigenvalue weighted by atomic mass is 16.2. The molecule has 0 aliphatic carbocycles. The maximum absolute atomic E-state index is 13.6. The molecule has 2 aromatic carbocycles. The number of nitrogens with one attached hydrogen (secondary N) is 1. The summed E-state index contributed by atoms with van der Waals surface area (Å²) in [6.45, 7) is 5.84. The van der Waals surface area contributed by atoms with Crippen molar-refractivity contribution in [2.45, 2.75) is 18.4 Å². The number of unbranched alkanes of at least 4 members (excludes halogenated alkanes) is 1. The minimum Gasteiger partial charge on any atom is -0.315 e. The summed E-state index contributed by atoms with van der Waals surface area (Å²) in [6.07, 6.45) is 1.79. The van der Waals surface area contributed by atoms with Gasteiger partial charge in [-0.3, -0.25) is 9.69 Å². The molecule has 0 bridgehead atoms. The van der Waals surface area contributed by atoms with E-state index in [0.717, 1.165) is 56.7 Å². The Kier molecular flexibility index (Phi) is 6.16. The molecule has 6 nitrogen and oxygen atoms in total. The molecule has 0 spiro atoms. The topological polar surface area (TPSA) is 55.9 Å². The van der Waals surface area contributed by atoms with Crippen molar-refractivity contribution in [2.75, 3.05) is 46.3 Å². The Hall–Kier alpha value is -2.70. The smallest absolute Gasteiger partial charge is 0.315 e. The number of carbonyl (C=O) groups is 2. The van der Waals surface area contributed by atoms with Gasteiger partial charge < -0.3 is 15.1 Å². The third-order valence-electron chi connectivity index (χ3n) is 6.22. The monoisotopic (exact) mass is 406 g/mol. The maximum atomic E-state index is 13.6. The molecule has 0 radical (unpaired) electrons. The number of carbonyl (C=O) groups excluding carboxylic acids is 2. The number of nitrogens with zero attached hydrogens (tertiary/aromatic N) is 3. The second kappa shape index (κ2) is 8.98. The van der Waals surface area contributed by atoms with Crippen LogP contribution in [0.15, 0.2) is 60.7 Å². The van der Waals surface area contributed by atoms with E-state index in [2.05, 4.69) is 22.2 Å².